The number of hydrogen-bond donors (Lipinski definition) is 2. The highest BCUT2D eigenvalue weighted by Crippen LogP contribution is 2.29. The summed E-state index contributed by atoms with van der Waals surface area (Å²) in [6.07, 6.45) is 0.685. The molecule has 28 heavy (non-hydrogen) atoms. The molecular weight excluding hydrogens is 390 g/mol. The van der Waals surface area contributed by atoms with Gasteiger partial charge >= 0.3 is 5.76 Å². The van der Waals surface area contributed by atoms with Gasteiger partial charge in [0.15, 0.2) is 0 Å². The van der Waals surface area contributed by atoms with E-state index in [2.05, 4.69) is 10.6 Å². The maximum atomic E-state index is 12.8. The third kappa shape index (κ3) is 4.19. The Morgan fingerprint density at radius 2 is 1.82 bits per heavy atom. The summed E-state index contributed by atoms with van der Waals surface area (Å²) in [6.45, 7) is 0. The summed E-state index contributed by atoms with van der Waals surface area (Å²) in [5, 5.41) is 5.15. The molecule has 0 saturated carbocycles. The second-order valence-electron chi connectivity index (χ2n) is 6.44. The summed E-state index contributed by atoms with van der Waals surface area (Å²) in [5.74, 6) is -4.73. The Bertz CT molecular complexity index is 1010. The highest BCUT2D eigenvalue weighted by atomic mass is 32.2. The predicted octanol–water partition coefficient (Wildman–Crippen LogP) is 3.21. The van der Waals surface area contributed by atoms with E-state index in [0.29, 0.717) is 6.42 Å². The van der Waals surface area contributed by atoms with Crippen molar-refractivity contribution in [3.05, 3.63) is 54.1 Å². The first-order valence-corrected chi connectivity index (χ1v) is 10.1. The number of nitrogens with one attached hydrogen (secondary N) is 2. The summed E-state index contributed by atoms with van der Waals surface area (Å²) in [6, 6.07) is 12.4. The van der Waals surface area contributed by atoms with E-state index in [0.717, 1.165) is 17.3 Å². The summed E-state index contributed by atoms with van der Waals surface area (Å²) in [7, 11) is -4.84. The minimum Gasteiger partial charge on any atom is -0.326 e. The summed E-state index contributed by atoms with van der Waals surface area (Å²) >= 11 is 0. The number of amides is 2. The van der Waals surface area contributed by atoms with Crippen LogP contribution in [-0.2, 0) is 25.8 Å². The summed E-state index contributed by atoms with van der Waals surface area (Å²) in [5.41, 5.74) is 1.52. The van der Waals surface area contributed by atoms with E-state index < -0.39 is 32.3 Å². The quantitative estimate of drug-likeness (QED) is 0.768. The largest absolute Gasteiger partial charge is 0.341 e. The van der Waals surface area contributed by atoms with E-state index in [1.807, 2.05) is 18.2 Å². The lowest BCUT2D eigenvalue weighted by Gasteiger charge is -2.24. The SMILES string of the molecule is O=C(CCC1Cc2ccccc2NC1=O)Nc1ccccc1S(=O)(=O)C(F)F. The van der Waals surface area contributed by atoms with Crippen LogP contribution in [0.2, 0.25) is 0 Å². The molecule has 148 valence electrons. The van der Waals surface area contributed by atoms with Crippen LogP contribution in [0.15, 0.2) is 53.4 Å². The van der Waals surface area contributed by atoms with E-state index >= 15 is 0 Å². The van der Waals surface area contributed by atoms with Gasteiger partial charge in [0.25, 0.3) is 0 Å². The standard InChI is InChI=1S/C19H18F2N2O4S/c20-19(21)28(26,27)16-8-4-3-7-15(16)22-17(24)10-9-13-11-12-5-1-2-6-14(12)23-18(13)25/h1-8,13,19H,9-11H2,(H,22,24)(H,23,25). The second kappa shape index (κ2) is 8.05. The fourth-order valence-corrected chi connectivity index (χ4v) is 3.96. The van der Waals surface area contributed by atoms with Gasteiger partial charge in [-0.1, -0.05) is 30.3 Å². The maximum absolute atomic E-state index is 12.8. The molecule has 0 radical (unpaired) electrons. The number of alkyl halides is 2. The molecule has 1 aliphatic heterocycles. The van der Waals surface area contributed by atoms with E-state index in [1.165, 1.54) is 18.2 Å². The lowest BCUT2D eigenvalue weighted by Crippen LogP contribution is -2.30. The van der Waals surface area contributed by atoms with Gasteiger partial charge in [0.05, 0.1) is 10.6 Å². The van der Waals surface area contributed by atoms with Crippen molar-refractivity contribution in [2.45, 2.75) is 29.9 Å². The molecule has 0 fully saturated rings. The van der Waals surface area contributed by atoms with Gasteiger partial charge < -0.3 is 10.6 Å². The summed E-state index contributed by atoms with van der Waals surface area (Å²) < 4.78 is 49.1. The number of halogens is 2. The molecule has 6 nitrogen and oxygen atoms in total. The molecule has 3 rings (SSSR count). The lowest BCUT2D eigenvalue weighted by atomic mass is 9.89. The highest BCUT2D eigenvalue weighted by Gasteiger charge is 2.30. The number of para-hydroxylation sites is 2. The lowest BCUT2D eigenvalue weighted by molar-refractivity contribution is -0.121. The Balaban J connectivity index is 1.66. The van der Waals surface area contributed by atoms with Crippen LogP contribution in [0, 0.1) is 5.92 Å². The van der Waals surface area contributed by atoms with Gasteiger partial charge in [0.1, 0.15) is 0 Å². The fraction of sp³-hybridized carbons (Fsp3) is 0.263. The Morgan fingerprint density at radius 3 is 2.57 bits per heavy atom. The Labute approximate surface area is 160 Å². The van der Waals surface area contributed by atoms with E-state index in [9.17, 15) is 26.8 Å². The van der Waals surface area contributed by atoms with E-state index in [1.54, 1.807) is 6.07 Å². The maximum Gasteiger partial charge on any atom is 0.341 e. The van der Waals surface area contributed by atoms with Crippen LogP contribution in [0.4, 0.5) is 20.2 Å². The summed E-state index contributed by atoms with van der Waals surface area (Å²) in [4.78, 5) is 23.8. The van der Waals surface area contributed by atoms with Crippen molar-refractivity contribution < 1.29 is 26.8 Å². The van der Waals surface area contributed by atoms with Crippen LogP contribution in [0.5, 0.6) is 0 Å². The van der Waals surface area contributed by atoms with Crippen LogP contribution in [0.25, 0.3) is 0 Å². The first-order valence-electron chi connectivity index (χ1n) is 8.58. The minimum absolute atomic E-state index is 0.0523. The number of carbonyl (C=O) groups excluding carboxylic acids is 2. The number of sulfone groups is 1. The van der Waals surface area contributed by atoms with Crippen LogP contribution in [-0.4, -0.2) is 26.0 Å². The zero-order valence-corrected chi connectivity index (χ0v) is 15.5. The highest BCUT2D eigenvalue weighted by molar-refractivity contribution is 7.91. The van der Waals surface area contributed by atoms with Crippen molar-refractivity contribution in [2.24, 2.45) is 5.92 Å². The topological polar surface area (TPSA) is 92.3 Å². The van der Waals surface area contributed by atoms with Gasteiger partial charge in [0, 0.05) is 18.0 Å². The normalized spacial score (nSPS) is 16.4. The number of rotatable bonds is 6. The molecule has 0 aliphatic carbocycles. The monoisotopic (exact) mass is 408 g/mol. The van der Waals surface area contributed by atoms with Crippen molar-refractivity contribution in [2.75, 3.05) is 10.6 Å². The van der Waals surface area contributed by atoms with Crippen molar-refractivity contribution in [3.8, 4) is 0 Å². The molecule has 2 amide bonds. The van der Waals surface area contributed by atoms with Crippen molar-refractivity contribution in [3.63, 3.8) is 0 Å². The first-order chi connectivity index (χ1) is 13.3. The smallest absolute Gasteiger partial charge is 0.326 e. The Hall–Kier alpha value is -2.81. The third-order valence-electron chi connectivity index (χ3n) is 4.53. The second-order valence-corrected chi connectivity index (χ2v) is 8.32. The first kappa shape index (κ1) is 19.9. The Morgan fingerprint density at radius 1 is 1.14 bits per heavy atom. The number of anilines is 2. The van der Waals surface area contributed by atoms with Crippen molar-refractivity contribution in [1.29, 1.82) is 0 Å². The third-order valence-corrected chi connectivity index (χ3v) is 5.97. The molecule has 1 heterocycles. The van der Waals surface area contributed by atoms with Gasteiger partial charge in [-0.15, -0.1) is 0 Å². The van der Waals surface area contributed by atoms with Crippen molar-refractivity contribution in [1.82, 2.24) is 0 Å². The fourth-order valence-electron chi connectivity index (χ4n) is 3.08. The van der Waals surface area contributed by atoms with Gasteiger partial charge in [-0.25, -0.2) is 8.42 Å². The molecule has 1 atom stereocenters. The minimum atomic E-state index is -4.84. The molecule has 2 aromatic rings. The molecule has 1 aliphatic rings. The average molecular weight is 408 g/mol. The average Bonchev–Trinajstić information content (AvgIpc) is 2.66. The zero-order valence-electron chi connectivity index (χ0n) is 14.7. The predicted molar refractivity (Wildman–Crippen MR) is 99.8 cm³/mol. The molecule has 1 unspecified atom stereocenters. The molecule has 2 aromatic carbocycles. The van der Waals surface area contributed by atoms with E-state index in [-0.39, 0.29) is 24.4 Å². The zero-order chi connectivity index (χ0) is 20.3. The molecule has 2 N–H and O–H groups in total. The molecule has 0 bridgehead atoms. The van der Waals surface area contributed by atoms with Crippen LogP contribution in [0.1, 0.15) is 18.4 Å². The molecular formula is C19H18F2N2O4S. The van der Waals surface area contributed by atoms with Crippen LogP contribution >= 0.6 is 0 Å². The molecule has 9 heteroatoms. The van der Waals surface area contributed by atoms with Crippen molar-refractivity contribution >= 4 is 33.0 Å². The van der Waals surface area contributed by atoms with E-state index in [4.69, 9.17) is 0 Å². The number of benzene rings is 2. The van der Waals surface area contributed by atoms with Gasteiger partial charge in [-0.3, -0.25) is 9.59 Å². The number of fused-ring (bicyclic) bond motifs is 1. The van der Waals surface area contributed by atoms with Gasteiger partial charge in [0.2, 0.25) is 21.7 Å². The molecule has 0 saturated heterocycles. The van der Waals surface area contributed by atoms with Crippen LogP contribution in [0.3, 0.4) is 0 Å². The van der Waals surface area contributed by atoms with Crippen LogP contribution < -0.4 is 10.6 Å². The van der Waals surface area contributed by atoms with Gasteiger partial charge in [-0.05, 0) is 36.6 Å². The molecule has 0 spiro atoms. The molecule has 0 aromatic heterocycles. The van der Waals surface area contributed by atoms with Gasteiger partial charge in [-0.2, -0.15) is 8.78 Å². The number of carbonyl (C=O) groups is 2. The number of hydrogen-bond acceptors (Lipinski definition) is 4. The Kier molecular flexibility index (Phi) is 5.73.